The van der Waals surface area contributed by atoms with Gasteiger partial charge in [0.15, 0.2) is 4.80 Å². The van der Waals surface area contributed by atoms with E-state index in [1.807, 2.05) is 60.7 Å². The number of ether oxygens (including phenoxy) is 4. The molecule has 0 radical (unpaired) electrons. The standard InChI is InChI=1S/C37H39ClN2O6S/c1-4-6-7-10-21-44-29-17-19-30(20-18-29)45-22-23-46-31-12-9-8-11-27(31)24-32-35(41)40-34(26-13-15-28(38)16-14-26)33(36(42)43-5-2)25(3)39-37(40)47-32/h8-9,11-20,24,34H,4-7,10,21-23H2,1-3H3/b32-24-. The molecule has 0 fully saturated rings. The summed E-state index contributed by atoms with van der Waals surface area (Å²) in [6.45, 7) is 7.26. The van der Waals surface area contributed by atoms with E-state index in [4.69, 9.17) is 30.5 Å². The molecule has 3 aromatic carbocycles. The fraction of sp³-hybridized carbons (Fsp3) is 0.324. The van der Waals surface area contributed by atoms with Gasteiger partial charge in [-0.1, -0.05) is 79.5 Å². The molecule has 0 bridgehead atoms. The van der Waals surface area contributed by atoms with Crippen LogP contribution in [0.3, 0.4) is 0 Å². The molecule has 0 saturated heterocycles. The largest absolute Gasteiger partial charge is 0.494 e. The molecule has 2 heterocycles. The van der Waals surface area contributed by atoms with E-state index >= 15 is 0 Å². The van der Waals surface area contributed by atoms with E-state index < -0.39 is 12.0 Å². The zero-order valence-electron chi connectivity index (χ0n) is 26.9. The van der Waals surface area contributed by atoms with Gasteiger partial charge in [-0.3, -0.25) is 9.36 Å². The Morgan fingerprint density at radius 1 is 0.894 bits per heavy atom. The molecule has 10 heteroatoms. The minimum absolute atomic E-state index is 0.204. The number of rotatable bonds is 15. The second-order valence-corrected chi connectivity index (χ2v) is 12.4. The van der Waals surface area contributed by atoms with E-state index in [0.717, 1.165) is 29.0 Å². The second kappa shape index (κ2) is 16.5. The summed E-state index contributed by atoms with van der Waals surface area (Å²) in [5.74, 6) is 1.67. The van der Waals surface area contributed by atoms with E-state index in [1.165, 1.54) is 30.6 Å². The Balaban J connectivity index is 1.31. The number of unbranched alkanes of at least 4 members (excludes halogenated alkanes) is 3. The third kappa shape index (κ3) is 8.53. The van der Waals surface area contributed by atoms with E-state index in [0.29, 0.717) is 51.2 Å². The van der Waals surface area contributed by atoms with Crippen LogP contribution < -0.4 is 29.1 Å². The van der Waals surface area contributed by atoms with Crippen LogP contribution in [0.5, 0.6) is 17.2 Å². The minimum Gasteiger partial charge on any atom is -0.494 e. The highest BCUT2D eigenvalue weighted by atomic mass is 35.5. The first-order valence-electron chi connectivity index (χ1n) is 15.9. The van der Waals surface area contributed by atoms with E-state index in [1.54, 1.807) is 36.6 Å². The van der Waals surface area contributed by atoms with Crippen molar-refractivity contribution in [2.45, 2.75) is 52.5 Å². The SMILES string of the molecule is CCCCCCOc1ccc(OCCOc2ccccc2/C=c2\sc3n(c2=O)C(c2ccc(Cl)cc2)C(C(=O)OCC)=C(C)N=3)cc1. The smallest absolute Gasteiger partial charge is 0.338 e. The van der Waals surface area contributed by atoms with Crippen LogP contribution >= 0.6 is 22.9 Å². The third-order valence-electron chi connectivity index (χ3n) is 7.61. The molecule has 8 nitrogen and oxygen atoms in total. The van der Waals surface area contributed by atoms with Crippen molar-refractivity contribution in [3.8, 4) is 17.2 Å². The predicted octanol–water partition coefficient (Wildman–Crippen LogP) is 6.87. The van der Waals surface area contributed by atoms with Gasteiger partial charge in [-0.2, -0.15) is 0 Å². The summed E-state index contributed by atoms with van der Waals surface area (Å²) < 4.78 is 25.2. The highest BCUT2D eigenvalue weighted by Gasteiger charge is 2.33. The normalized spacial score (nSPS) is 14.4. The molecule has 0 saturated carbocycles. The van der Waals surface area contributed by atoms with E-state index in [9.17, 15) is 9.59 Å². The predicted molar refractivity (Wildman–Crippen MR) is 185 cm³/mol. The van der Waals surface area contributed by atoms with Crippen LogP contribution in [0.4, 0.5) is 0 Å². The molecule has 0 amide bonds. The summed E-state index contributed by atoms with van der Waals surface area (Å²) in [4.78, 5) is 32.2. The van der Waals surface area contributed by atoms with Crippen LogP contribution in [-0.4, -0.2) is 37.0 Å². The van der Waals surface area contributed by atoms with Gasteiger partial charge in [0.25, 0.3) is 5.56 Å². The number of aromatic nitrogens is 1. The van der Waals surface area contributed by atoms with Crippen molar-refractivity contribution >= 4 is 35.0 Å². The number of allylic oxidation sites excluding steroid dienone is 1. The van der Waals surface area contributed by atoms with E-state index in [-0.39, 0.29) is 12.2 Å². The van der Waals surface area contributed by atoms with Crippen LogP contribution in [0.15, 0.2) is 93.9 Å². The number of nitrogens with zero attached hydrogens (tertiary/aromatic N) is 2. The highest BCUT2D eigenvalue weighted by Crippen LogP contribution is 2.31. The number of para-hydroxylation sites is 1. The van der Waals surface area contributed by atoms with Gasteiger partial charge in [-0.25, -0.2) is 9.79 Å². The lowest BCUT2D eigenvalue weighted by molar-refractivity contribution is -0.139. The number of hydrogen-bond donors (Lipinski definition) is 0. The lowest BCUT2D eigenvalue weighted by atomic mass is 9.96. The number of fused-ring (bicyclic) bond motifs is 1. The van der Waals surface area contributed by atoms with Gasteiger partial charge in [0.2, 0.25) is 0 Å². The molecular formula is C37H39ClN2O6S. The second-order valence-electron chi connectivity index (χ2n) is 11.0. The Kier molecular flexibility index (Phi) is 11.9. The first-order valence-corrected chi connectivity index (χ1v) is 17.1. The molecule has 1 aliphatic rings. The van der Waals surface area contributed by atoms with Gasteiger partial charge in [0.1, 0.15) is 30.5 Å². The number of hydrogen-bond acceptors (Lipinski definition) is 8. The molecule has 246 valence electrons. The Labute approximate surface area is 283 Å². The average Bonchev–Trinajstić information content (AvgIpc) is 3.37. The highest BCUT2D eigenvalue weighted by molar-refractivity contribution is 7.07. The van der Waals surface area contributed by atoms with Gasteiger partial charge in [0.05, 0.1) is 35.1 Å². The molecule has 0 N–H and O–H groups in total. The van der Waals surface area contributed by atoms with Crippen molar-refractivity contribution in [3.63, 3.8) is 0 Å². The number of halogens is 1. The Hall–Kier alpha value is -4.34. The maximum atomic E-state index is 14.0. The molecule has 1 aliphatic heterocycles. The molecule has 1 atom stereocenters. The molecule has 47 heavy (non-hydrogen) atoms. The van der Waals surface area contributed by atoms with Crippen LogP contribution in [0.1, 0.15) is 63.6 Å². The van der Waals surface area contributed by atoms with E-state index in [2.05, 4.69) is 11.9 Å². The Morgan fingerprint density at radius 3 is 2.28 bits per heavy atom. The summed E-state index contributed by atoms with van der Waals surface area (Å²) >= 11 is 7.42. The zero-order chi connectivity index (χ0) is 33.2. The van der Waals surface area contributed by atoms with Crippen molar-refractivity contribution < 1.29 is 23.7 Å². The number of carbonyl (C=O) groups is 1. The third-order valence-corrected chi connectivity index (χ3v) is 8.84. The average molecular weight is 675 g/mol. The van der Waals surface area contributed by atoms with Gasteiger partial charge < -0.3 is 18.9 Å². The maximum absolute atomic E-state index is 14.0. The topological polar surface area (TPSA) is 88.4 Å². The first kappa shape index (κ1) is 34.0. The summed E-state index contributed by atoms with van der Waals surface area (Å²) in [6.07, 6.45) is 6.47. The summed E-state index contributed by atoms with van der Waals surface area (Å²) in [5.41, 5.74) is 2.02. The van der Waals surface area contributed by atoms with Crippen LogP contribution in [0, 0.1) is 0 Å². The summed E-state index contributed by atoms with van der Waals surface area (Å²) in [5, 5.41) is 0.553. The van der Waals surface area contributed by atoms with Gasteiger partial charge in [0, 0.05) is 10.6 Å². The zero-order valence-corrected chi connectivity index (χ0v) is 28.4. The molecular weight excluding hydrogens is 636 g/mol. The lowest BCUT2D eigenvalue weighted by Crippen LogP contribution is -2.39. The van der Waals surface area contributed by atoms with Crippen molar-refractivity contribution in [1.29, 1.82) is 0 Å². The van der Waals surface area contributed by atoms with Crippen LogP contribution in [0.25, 0.3) is 6.08 Å². The molecule has 0 aliphatic carbocycles. The lowest BCUT2D eigenvalue weighted by Gasteiger charge is -2.24. The quantitative estimate of drug-likeness (QED) is 0.101. The maximum Gasteiger partial charge on any atom is 0.338 e. The van der Waals surface area contributed by atoms with Crippen LogP contribution in [-0.2, 0) is 9.53 Å². The molecule has 4 aromatic rings. The first-order chi connectivity index (χ1) is 22.9. The van der Waals surface area contributed by atoms with Crippen LogP contribution in [0.2, 0.25) is 5.02 Å². The number of carbonyl (C=O) groups excluding carboxylic acids is 1. The van der Waals surface area contributed by atoms with Crippen molar-refractivity contribution in [3.05, 3.63) is 120 Å². The number of benzene rings is 3. The summed E-state index contributed by atoms with van der Waals surface area (Å²) in [7, 11) is 0. The monoisotopic (exact) mass is 674 g/mol. The number of esters is 1. The molecule has 1 aromatic heterocycles. The van der Waals surface area contributed by atoms with Gasteiger partial charge in [-0.15, -0.1) is 0 Å². The van der Waals surface area contributed by atoms with Crippen molar-refractivity contribution in [2.24, 2.45) is 4.99 Å². The van der Waals surface area contributed by atoms with Crippen molar-refractivity contribution in [2.75, 3.05) is 26.4 Å². The molecule has 0 spiro atoms. The van der Waals surface area contributed by atoms with Gasteiger partial charge >= 0.3 is 5.97 Å². The number of thiazole rings is 1. The van der Waals surface area contributed by atoms with Crippen molar-refractivity contribution in [1.82, 2.24) is 4.57 Å². The minimum atomic E-state index is -0.709. The molecule has 1 unspecified atom stereocenters. The molecule has 5 rings (SSSR count). The summed E-state index contributed by atoms with van der Waals surface area (Å²) in [6, 6.07) is 21.5. The Bertz CT molecular complexity index is 1880. The van der Waals surface area contributed by atoms with Gasteiger partial charge in [-0.05, 0) is 74.4 Å². The fourth-order valence-corrected chi connectivity index (χ4v) is 6.45. The Morgan fingerprint density at radius 2 is 1.57 bits per heavy atom. The fourth-order valence-electron chi connectivity index (χ4n) is 5.29.